The highest BCUT2D eigenvalue weighted by Gasteiger charge is 2.10. The van der Waals surface area contributed by atoms with Crippen LogP contribution in [0, 0.1) is 29.6 Å². The van der Waals surface area contributed by atoms with Crippen LogP contribution in [0.25, 0.3) is 0 Å². The van der Waals surface area contributed by atoms with E-state index in [2.05, 4.69) is 9.97 Å². The molecule has 0 N–H and O–H groups in total. The van der Waals surface area contributed by atoms with Crippen LogP contribution >= 0.6 is 11.3 Å². The van der Waals surface area contributed by atoms with Gasteiger partial charge in [-0.3, -0.25) is 0 Å². The Labute approximate surface area is 103 Å². The van der Waals surface area contributed by atoms with Crippen LogP contribution in [0.3, 0.4) is 0 Å². The van der Waals surface area contributed by atoms with Crippen molar-refractivity contribution in [2.45, 2.75) is 19.9 Å². The van der Waals surface area contributed by atoms with Gasteiger partial charge in [-0.1, -0.05) is 0 Å². The smallest absolute Gasteiger partial charge is 0.176 e. The Bertz CT molecular complexity index is 611. The highest BCUT2D eigenvalue weighted by atomic mass is 32.1. The van der Waals surface area contributed by atoms with Gasteiger partial charge in [0.1, 0.15) is 12.1 Å². The summed E-state index contributed by atoms with van der Waals surface area (Å²) in [5, 5.41) is 17.7. The molecular formula is C11H9N5S. The van der Waals surface area contributed by atoms with Crippen molar-refractivity contribution in [1.82, 2.24) is 14.5 Å². The van der Waals surface area contributed by atoms with Crippen molar-refractivity contribution >= 4 is 11.3 Å². The van der Waals surface area contributed by atoms with Crippen molar-refractivity contribution in [3.05, 3.63) is 33.8 Å². The predicted octanol–water partition coefficient (Wildman–Crippen LogP) is 1.63. The van der Waals surface area contributed by atoms with E-state index in [0.717, 1.165) is 12.1 Å². The predicted molar refractivity (Wildman–Crippen MR) is 62.2 cm³/mol. The summed E-state index contributed by atoms with van der Waals surface area (Å²) in [7, 11) is 0. The summed E-state index contributed by atoms with van der Waals surface area (Å²) < 4.78 is 1.71. The molecule has 2 heterocycles. The van der Waals surface area contributed by atoms with E-state index in [1.165, 1.54) is 11.2 Å². The molecule has 84 valence electrons. The Balaban J connectivity index is 2.16. The Hall–Kier alpha value is -2.18. The van der Waals surface area contributed by atoms with E-state index in [0.29, 0.717) is 12.2 Å². The molecule has 0 aromatic carbocycles. The molecule has 2 aromatic heterocycles. The molecule has 0 aliphatic heterocycles. The van der Waals surface area contributed by atoms with E-state index in [1.807, 2.05) is 24.6 Å². The second kappa shape index (κ2) is 4.77. The molecule has 2 aromatic rings. The molecular weight excluding hydrogens is 234 g/mol. The molecule has 2 rings (SSSR count). The fourth-order valence-electron chi connectivity index (χ4n) is 1.54. The first-order valence-corrected chi connectivity index (χ1v) is 5.88. The van der Waals surface area contributed by atoms with Crippen molar-refractivity contribution in [1.29, 1.82) is 10.5 Å². The van der Waals surface area contributed by atoms with Gasteiger partial charge in [0.2, 0.25) is 0 Å². The number of nitriles is 2. The zero-order valence-electron chi connectivity index (χ0n) is 9.21. The summed E-state index contributed by atoms with van der Waals surface area (Å²) in [5.74, 6) is 0. The maximum Gasteiger partial charge on any atom is 0.176 e. The molecule has 0 unspecified atom stereocenters. The summed E-state index contributed by atoms with van der Waals surface area (Å²) >= 11 is 1.60. The standard InChI is InChI=1S/C11H9N5S/c1-8-11(17-7-15-8)2-3-16-6-14-9(4-12)10(16)5-13/h6-7H,2-3H2,1H3. The highest BCUT2D eigenvalue weighted by Crippen LogP contribution is 2.14. The quantitative estimate of drug-likeness (QED) is 0.820. The van der Waals surface area contributed by atoms with Gasteiger partial charge in [0, 0.05) is 17.8 Å². The molecule has 17 heavy (non-hydrogen) atoms. The van der Waals surface area contributed by atoms with Gasteiger partial charge in [0.05, 0.1) is 17.5 Å². The lowest BCUT2D eigenvalue weighted by molar-refractivity contribution is 0.690. The number of nitrogens with zero attached hydrogens (tertiary/aromatic N) is 5. The van der Waals surface area contributed by atoms with Gasteiger partial charge >= 0.3 is 0 Å². The fraction of sp³-hybridized carbons (Fsp3) is 0.273. The lowest BCUT2D eigenvalue weighted by atomic mass is 10.3. The average Bonchev–Trinajstić information content (AvgIpc) is 2.92. The van der Waals surface area contributed by atoms with Crippen molar-refractivity contribution in [2.75, 3.05) is 0 Å². The van der Waals surface area contributed by atoms with Crippen LogP contribution in [0.1, 0.15) is 22.0 Å². The number of aryl methyl sites for hydroxylation is 3. The van der Waals surface area contributed by atoms with Gasteiger partial charge in [-0.2, -0.15) is 10.5 Å². The molecule has 0 aliphatic rings. The maximum atomic E-state index is 8.96. The van der Waals surface area contributed by atoms with Crippen LogP contribution in [0.4, 0.5) is 0 Å². The number of hydrogen-bond donors (Lipinski definition) is 0. The summed E-state index contributed by atoms with van der Waals surface area (Å²) in [6.07, 6.45) is 2.33. The van der Waals surface area contributed by atoms with Crippen molar-refractivity contribution in [2.24, 2.45) is 0 Å². The van der Waals surface area contributed by atoms with Gasteiger partial charge in [-0.15, -0.1) is 11.3 Å². The Morgan fingerprint density at radius 2 is 2.18 bits per heavy atom. The molecule has 0 bridgehead atoms. The van der Waals surface area contributed by atoms with Crippen molar-refractivity contribution in [3.8, 4) is 12.1 Å². The second-order valence-corrected chi connectivity index (χ2v) is 4.41. The van der Waals surface area contributed by atoms with E-state index in [9.17, 15) is 0 Å². The summed E-state index contributed by atoms with van der Waals surface area (Å²) in [4.78, 5) is 9.26. The number of rotatable bonds is 3. The topological polar surface area (TPSA) is 78.3 Å². The summed E-state index contributed by atoms with van der Waals surface area (Å²) in [6.45, 7) is 2.60. The summed E-state index contributed by atoms with van der Waals surface area (Å²) in [6, 6.07) is 3.91. The molecule has 0 amide bonds. The molecule has 0 aliphatic carbocycles. The zero-order valence-corrected chi connectivity index (χ0v) is 10.0. The van der Waals surface area contributed by atoms with Crippen molar-refractivity contribution < 1.29 is 0 Å². The SMILES string of the molecule is Cc1ncsc1CCn1cnc(C#N)c1C#N. The van der Waals surface area contributed by atoms with Gasteiger partial charge in [-0.25, -0.2) is 9.97 Å². The van der Waals surface area contributed by atoms with Gasteiger partial charge in [0.25, 0.3) is 0 Å². The first kappa shape index (κ1) is 11.3. The summed E-state index contributed by atoms with van der Waals surface area (Å²) in [5.41, 5.74) is 3.35. The van der Waals surface area contributed by atoms with Crippen LogP contribution in [-0.4, -0.2) is 14.5 Å². The minimum absolute atomic E-state index is 0.188. The van der Waals surface area contributed by atoms with E-state index in [4.69, 9.17) is 10.5 Å². The average molecular weight is 243 g/mol. The Kier molecular flexibility index (Phi) is 3.17. The molecule has 5 nitrogen and oxygen atoms in total. The third-order valence-electron chi connectivity index (χ3n) is 2.47. The number of thiazole rings is 1. The lowest BCUT2D eigenvalue weighted by Crippen LogP contribution is -2.02. The van der Waals surface area contributed by atoms with Gasteiger partial charge in [0.15, 0.2) is 11.4 Å². The van der Waals surface area contributed by atoms with E-state index >= 15 is 0 Å². The lowest BCUT2D eigenvalue weighted by Gasteiger charge is -2.02. The highest BCUT2D eigenvalue weighted by molar-refractivity contribution is 7.09. The largest absolute Gasteiger partial charge is 0.321 e. The van der Waals surface area contributed by atoms with Gasteiger partial charge in [-0.05, 0) is 6.92 Å². The Morgan fingerprint density at radius 3 is 2.76 bits per heavy atom. The fourth-order valence-corrected chi connectivity index (χ4v) is 2.31. The van der Waals surface area contributed by atoms with Crippen LogP contribution in [0.2, 0.25) is 0 Å². The minimum atomic E-state index is 0.188. The first-order chi connectivity index (χ1) is 8.26. The minimum Gasteiger partial charge on any atom is -0.321 e. The third-order valence-corrected chi connectivity index (χ3v) is 3.47. The molecule has 0 saturated carbocycles. The van der Waals surface area contributed by atoms with Crippen LogP contribution < -0.4 is 0 Å². The molecule has 0 fully saturated rings. The van der Waals surface area contributed by atoms with Crippen LogP contribution in [0.15, 0.2) is 11.8 Å². The normalized spacial score (nSPS) is 9.82. The van der Waals surface area contributed by atoms with Crippen LogP contribution in [0.5, 0.6) is 0 Å². The van der Waals surface area contributed by atoms with E-state index in [1.54, 1.807) is 15.9 Å². The molecule has 0 spiro atoms. The number of aromatic nitrogens is 3. The number of hydrogen-bond acceptors (Lipinski definition) is 5. The molecule has 0 saturated heterocycles. The van der Waals surface area contributed by atoms with Crippen LogP contribution in [-0.2, 0) is 13.0 Å². The molecule has 0 radical (unpaired) electrons. The Morgan fingerprint density at radius 1 is 1.35 bits per heavy atom. The van der Waals surface area contributed by atoms with Gasteiger partial charge < -0.3 is 4.57 Å². The first-order valence-electron chi connectivity index (χ1n) is 5.00. The zero-order chi connectivity index (χ0) is 12.3. The molecule has 0 atom stereocenters. The van der Waals surface area contributed by atoms with E-state index < -0.39 is 0 Å². The monoisotopic (exact) mass is 243 g/mol. The number of imidazole rings is 1. The maximum absolute atomic E-state index is 8.96. The second-order valence-electron chi connectivity index (χ2n) is 3.47. The third kappa shape index (κ3) is 2.17. The molecule has 6 heteroatoms. The van der Waals surface area contributed by atoms with Crippen molar-refractivity contribution in [3.63, 3.8) is 0 Å². The van der Waals surface area contributed by atoms with E-state index in [-0.39, 0.29) is 5.69 Å².